The van der Waals surface area contributed by atoms with Crippen LogP contribution in [0.3, 0.4) is 0 Å². The first kappa shape index (κ1) is 46.9. The molecule has 1 fully saturated rings. The first-order chi connectivity index (χ1) is 25.6. The predicted octanol–water partition coefficient (Wildman–Crippen LogP) is 12.4. The maximum Gasteiger partial charge on any atom is 0.128 e. The van der Waals surface area contributed by atoms with E-state index in [9.17, 15) is 10.2 Å². The highest BCUT2D eigenvalue weighted by molar-refractivity contribution is 6.89. The number of hydrogen-bond donors (Lipinski definition) is 2. The number of unbranched alkanes of at least 4 members (excludes halogenated alkanes) is 3. The van der Waals surface area contributed by atoms with Crippen molar-refractivity contribution in [3.05, 3.63) is 52.1 Å². The first-order valence-corrected chi connectivity index (χ1v) is 25.5. The molecule has 2 aromatic carbocycles. The van der Waals surface area contributed by atoms with Crippen LogP contribution in [-0.4, -0.2) is 73.5 Å². The summed E-state index contributed by atoms with van der Waals surface area (Å²) >= 11 is 0. The van der Waals surface area contributed by atoms with Crippen LogP contribution < -0.4 is 5.19 Å². The van der Waals surface area contributed by atoms with Crippen LogP contribution in [0.1, 0.15) is 182 Å². The van der Waals surface area contributed by atoms with Crippen LogP contribution in [0.15, 0.2) is 34.3 Å². The van der Waals surface area contributed by atoms with Crippen molar-refractivity contribution < 1.29 is 14.7 Å². The second-order valence-corrected chi connectivity index (χ2v) is 25.8. The molecule has 2 N–H and O–H groups in total. The molecule has 6 heteroatoms. The van der Waals surface area contributed by atoms with E-state index < -0.39 is 8.07 Å². The summed E-state index contributed by atoms with van der Waals surface area (Å²) in [6.45, 7) is 37.1. The number of aromatic hydroxyl groups is 2. The van der Waals surface area contributed by atoms with Gasteiger partial charge in [-0.1, -0.05) is 152 Å². The van der Waals surface area contributed by atoms with E-state index in [1.54, 1.807) is 0 Å². The molecule has 0 radical (unpaired) electrons. The minimum absolute atomic E-state index is 0.0329. The molecule has 55 heavy (non-hydrogen) atoms. The van der Waals surface area contributed by atoms with E-state index >= 15 is 0 Å². The largest absolute Gasteiger partial charge is 0.507 e. The molecule has 0 unspecified atom stereocenters. The Kier molecular flexibility index (Phi) is 16.9. The molecule has 1 aliphatic rings. The third-order valence-corrected chi connectivity index (χ3v) is 15.9. The molecule has 310 valence electrons. The van der Waals surface area contributed by atoms with E-state index in [0.29, 0.717) is 11.5 Å². The molecule has 0 aromatic heterocycles. The number of phenolic OH excluding ortho intramolecular Hbond substituents is 2. The number of aliphatic imine (C=N–C) groups is 2. The van der Waals surface area contributed by atoms with Gasteiger partial charge in [-0.05, 0) is 78.0 Å². The molecule has 0 saturated heterocycles. The van der Waals surface area contributed by atoms with Gasteiger partial charge in [0.15, 0.2) is 0 Å². The number of phenols is 2. The standard InChI is InChI=1S/C49H83N3O2Si/c1-15-18-26-52(27-19-16-2,28-20-17-3)29-23-30-55(13,14)40-32-38(46(54)42(34-40)49(10,11)12)36-51-44-25-22-21-24-43(44)50-35-37-31-39(47(4,5)6)33-41(45(37)53)48(7,8)9/h31-36,43-44H,15-30H2,1-14H3,(H-,50,51,53,54)/p+1/t43-,44-/m0/s1. The smallest absolute Gasteiger partial charge is 0.128 e. The molecule has 2 aromatic rings. The van der Waals surface area contributed by atoms with Gasteiger partial charge in [-0.2, -0.15) is 0 Å². The van der Waals surface area contributed by atoms with Crippen molar-refractivity contribution in [2.45, 2.75) is 201 Å². The van der Waals surface area contributed by atoms with Gasteiger partial charge in [0, 0.05) is 29.1 Å². The molecule has 1 saturated carbocycles. The number of hydrogen-bond acceptors (Lipinski definition) is 4. The summed E-state index contributed by atoms with van der Waals surface area (Å²) in [6.07, 6.45) is 17.1. The van der Waals surface area contributed by atoms with E-state index in [1.165, 1.54) is 92.4 Å². The van der Waals surface area contributed by atoms with Gasteiger partial charge in [-0.25, -0.2) is 0 Å². The minimum Gasteiger partial charge on any atom is -0.507 e. The van der Waals surface area contributed by atoms with Crippen molar-refractivity contribution in [2.75, 3.05) is 26.2 Å². The zero-order chi connectivity index (χ0) is 41.2. The Hall–Kier alpha value is -2.44. The zero-order valence-electron chi connectivity index (χ0n) is 38.2. The van der Waals surface area contributed by atoms with Gasteiger partial charge >= 0.3 is 0 Å². The summed E-state index contributed by atoms with van der Waals surface area (Å²) in [4.78, 5) is 10.4. The summed E-state index contributed by atoms with van der Waals surface area (Å²) in [6, 6.07) is 10.2. The molecule has 0 heterocycles. The fourth-order valence-electron chi connectivity index (χ4n) is 8.42. The lowest BCUT2D eigenvalue weighted by Gasteiger charge is -2.40. The second-order valence-electron chi connectivity index (χ2n) is 20.9. The number of rotatable bonds is 18. The van der Waals surface area contributed by atoms with E-state index in [4.69, 9.17) is 9.98 Å². The van der Waals surface area contributed by atoms with Gasteiger partial charge < -0.3 is 14.7 Å². The van der Waals surface area contributed by atoms with Crippen LogP contribution in [0.4, 0.5) is 0 Å². The Balaban J connectivity index is 1.95. The minimum atomic E-state index is -1.84. The SMILES string of the molecule is CCCC[N+](CCCC)(CCCC)CCC[Si](C)(C)c1cc(C=N[C@H]2CCCC[C@@H]2N=Cc2cc(C(C)(C)C)cc(C(C)(C)C)c2O)c(O)c(C(C)(C)C)c1. The molecule has 0 amide bonds. The van der Waals surface area contributed by atoms with Crippen molar-refractivity contribution in [3.63, 3.8) is 0 Å². The average molecular weight is 775 g/mol. The number of benzene rings is 2. The summed E-state index contributed by atoms with van der Waals surface area (Å²) in [5.74, 6) is 0.699. The van der Waals surface area contributed by atoms with E-state index in [2.05, 4.69) is 120 Å². The second kappa shape index (κ2) is 19.8. The third kappa shape index (κ3) is 13.3. The van der Waals surface area contributed by atoms with Gasteiger partial charge in [0.25, 0.3) is 0 Å². The van der Waals surface area contributed by atoms with Gasteiger partial charge in [-0.15, -0.1) is 0 Å². The lowest BCUT2D eigenvalue weighted by atomic mass is 9.79. The summed E-state index contributed by atoms with van der Waals surface area (Å²) in [7, 11) is -1.84. The van der Waals surface area contributed by atoms with E-state index in [0.717, 1.165) is 47.9 Å². The first-order valence-electron chi connectivity index (χ1n) is 22.3. The Morgan fingerprint density at radius 1 is 0.618 bits per heavy atom. The molecule has 5 nitrogen and oxygen atoms in total. The Labute approximate surface area is 340 Å². The van der Waals surface area contributed by atoms with Crippen molar-refractivity contribution in [1.29, 1.82) is 0 Å². The highest BCUT2D eigenvalue weighted by Crippen LogP contribution is 2.38. The van der Waals surface area contributed by atoms with Crippen molar-refractivity contribution >= 4 is 25.7 Å². The van der Waals surface area contributed by atoms with Crippen LogP contribution in [0, 0.1) is 0 Å². The summed E-state index contributed by atoms with van der Waals surface area (Å²) in [5.41, 5.74) is 4.40. The molecular weight excluding hydrogens is 691 g/mol. The van der Waals surface area contributed by atoms with Crippen molar-refractivity contribution in [1.82, 2.24) is 0 Å². The molecule has 3 rings (SSSR count). The highest BCUT2D eigenvalue weighted by Gasteiger charge is 2.32. The quantitative estimate of drug-likeness (QED) is 0.0900. The van der Waals surface area contributed by atoms with Crippen LogP contribution in [0.5, 0.6) is 11.5 Å². The van der Waals surface area contributed by atoms with Crippen LogP contribution >= 0.6 is 0 Å². The summed E-state index contributed by atoms with van der Waals surface area (Å²) in [5, 5.41) is 24.6. The lowest BCUT2D eigenvalue weighted by Crippen LogP contribution is -2.51. The maximum atomic E-state index is 11.8. The molecule has 0 bridgehead atoms. The number of nitrogens with zero attached hydrogens (tertiary/aromatic N) is 3. The van der Waals surface area contributed by atoms with Crippen LogP contribution in [0.25, 0.3) is 0 Å². The van der Waals surface area contributed by atoms with Gasteiger partial charge in [0.05, 0.1) is 46.3 Å². The van der Waals surface area contributed by atoms with Crippen molar-refractivity contribution in [3.8, 4) is 11.5 Å². The Morgan fingerprint density at radius 2 is 1.04 bits per heavy atom. The van der Waals surface area contributed by atoms with Gasteiger partial charge in [0.1, 0.15) is 11.5 Å². The normalized spacial score (nSPS) is 17.9. The predicted molar refractivity (Wildman–Crippen MR) is 245 cm³/mol. The Bertz CT molecular complexity index is 1550. The van der Waals surface area contributed by atoms with Gasteiger partial charge in [-0.3, -0.25) is 9.98 Å². The lowest BCUT2D eigenvalue weighted by molar-refractivity contribution is -0.928. The molecular formula is C49H84N3O2Si+. The summed E-state index contributed by atoms with van der Waals surface area (Å²) < 4.78 is 1.30. The Morgan fingerprint density at radius 3 is 1.45 bits per heavy atom. The molecule has 0 aliphatic heterocycles. The van der Waals surface area contributed by atoms with Gasteiger partial charge in [0.2, 0.25) is 0 Å². The van der Waals surface area contributed by atoms with E-state index in [-0.39, 0.29) is 28.3 Å². The average Bonchev–Trinajstić information content (AvgIpc) is 3.09. The van der Waals surface area contributed by atoms with Crippen LogP contribution in [0.2, 0.25) is 19.1 Å². The highest BCUT2D eigenvalue weighted by atomic mass is 28.3. The monoisotopic (exact) mass is 775 g/mol. The number of quaternary nitrogens is 1. The molecule has 0 spiro atoms. The van der Waals surface area contributed by atoms with E-state index in [1.807, 2.05) is 12.4 Å². The maximum absolute atomic E-state index is 11.8. The topological polar surface area (TPSA) is 65.2 Å². The zero-order valence-corrected chi connectivity index (χ0v) is 39.2. The van der Waals surface area contributed by atoms with Crippen LogP contribution in [-0.2, 0) is 16.2 Å². The molecule has 2 atom stereocenters. The third-order valence-electron chi connectivity index (χ3n) is 12.4. The fourth-order valence-corrected chi connectivity index (χ4v) is 10.8. The van der Waals surface area contributed by atoms with Crippen molar-refractivity contribution in [2.24, 2.45) is 9.98 Å². The fraction of sp³-hybridized carbons (Fsp3) is 0.714. The molecule has 1 aliphatic carbocycles.